The topological polar surface area (TPSA) is 26.5 Å². The van der Waals surface area contributed by atoms with Crippen molar-refractivity contribution in [2.24, 2.45) is 4.74 Å². The van der Waals surface area contributed by atoms with Crippen molar-refractivity contribution in [1.82, 2.24) is 4.57 Å². The lowest BCUT2D eigenvalue weighted by molar-refractivity contribution is 0.571. The number of fused-ring (bicyclic) bond motifs is 3. The zero-order chi connectivity index (χ0) is 25.5. The molecule has 5 rings (SSSR count). The smallest absolute Gasteiger partial charge is 0.173 e. The molecule has 3 nitrogen and oxygen atoms in total. The van der Waals surface area contributed by atoms with Crippen LogP contribution in [-0.2, 0) is 6.54 Å². The molecule has 0 aliphatic heterocycles. The van der Waals surface area contributed by atoms with Crippen molar-refractivity contribution < 1.29 is 4.52 Å². The summed E-state index contributed by atoms with van der Waals surface area (Å²) >= 11 is 3.56. The minimum atomic E-state index is -2.59. The van der Waals surface area contributed by atoms with Crippen LogP contribution in [0.2, 0.25) is 0 Å². The zero-order valence-corrected chi connectivity index (χ0v) is 24.0. The van der Waals surface area contributed by atoms with Gasteiger partial charge in [-0.2, -0.15) is 0 Å². The fraction of sp³-hybridized carbons (Fsp3) is 0.226. The molecule has 5 heteroatoms. The third-order valence-electron chi connectivity index (χ3n) is 6.67. The molecule has 0 N–H and O–H groups in total. The molecule has 1 atom stereocenters. The Morgan fingerprint density at radius 2 is 1.50 bits per heavy atom. The minimum Gasteiger partial charge on any atom is -0.455 e. The fourth-order valence-electron chi connectivity index (χ4n) is 4.80. The molecule has 0 spiro atoms. The third-order valence-corrected chi connectivity index (χ3v) is 11.0. The van der Waals surface area contributed by atoms with Crippen molar-refractivity contribution >= 4 is 56.0 Å². The first-order valence-corrected chi connectivity index (χ1v) is 14.8. The minimum absolute atomic E-state index is 0.248. The van der Waals surface area contributed by atoms with Crippen LogP contribution in [0, 0.1) is 6.92 Å². The van der Waals surface area contributed by atoms with Crippen molar-refractivity contribution in [1.29, 1.82) is 0 Å². The van der Waals surface area contributed by atoms with Crippen LogP contribution in [0.4, 0.5) is 5.69 Å². The molecule has 4 aromatic carbocycles. The van der Waals surface area contributed by atoms with Crippen molar-refractivity contribution in [2.45, 2.75) is 46.3 Å². The van der Waals surface area contributed by atoms with Gasteiger partial charge in [0.2, 0.25) is 0 Å². The Morgan fingerprint density at radius 3 is 2.17 bits per heavy atom. The van der Waals surface area contributed by atoms with Crippen molar-refractivity contribution in [2.75, 3.05) is 0 Å². The number of halogens is 1. The number of aromatic nitrogens is 1. The maximum absolute atomic E-state index is 7.05. The standard InChI is InChI=1S/C31H32BrN2OP/c1-6-34-29-10-8-7-9-27(29)28-21-26(19-20-30(28)34)36(31(3,4)5,33-24-15-11-22(2)12-16-24)35-25-17-13-23(32)14-18-25/h7-21H,6H2,1-5H3/t36-/m0/s1. The lowest BCUT2D eigenvalue weighted by Gasteiger charge is -2.37. The van der Waals surface area contributed by atoms with Gasteiger partial charge in [-0.3, -0.25) is 0 Å². The Bertz CT molecular complexity index is 1590. The van der Waals surface area contributed by atoms with E-state index in [0.717, 1.165) is 27.8 Å². The number of benzene rings is 4. The molecule has 0 radical (unpaired) electrons. The third kappa shape index (κ3) is 4.42. The molecule has 36 heavy (non-hydrogen) atoms. The first kappa shape index (κ1) is 24.9. The Kier molecular flexibility index (Phi) is 6.61. The molecule has 0 aliphatic rings. The number of hydrogen-bond acceptors (Lipinski definition) is 2. The van der Waals surface area contributed by atoms with Gasteiger partial charge in [0.1, 0.15) is 5.75 Å². The first-order valence-electron chi connectivity index (χ1n) is 12.4. The summed E-state index contributed by atoms with van der Waals surface area (Å²) in [6.45, 7) is 12.0. The summed E-state index contributed by atoms with van der Waals surface area (Å²) in [6, 6.07) is 32.0. The van der Waals surface area contributed by atoms with Crippen LogP contribution in [0.3, 0.4) is 0 Å². The van der Waals surface area contributed by atoms with E-state index in [1.54, 1.807) is 0 Å². The van der Waals surface area contributed by atoms with Crippen LogP contribution in [0.25, 0.3) is 21.8 Å². The number of nitrogens with zero attached hydrogens (tertiary/aromatic N) is 2. The molecular formula is C31H32BrN2OP. The maximum atomic E-state index is 7.05. The van der Waals surface area contributed by atoms with E-state index in [1.165, 1.54) is 27.4 Å². The van der Waals surface area contributed by atoms with Crippen LogP contribution >= 0.6 is 23.2 Å². The molecular weight excluding hydrogens is 527 g/mol. The van der Waals surface area contributed by atoms with E-state index in [-0.39, 0.29) is 5.16 Å². The van der Waals surface area contributed by atoms with E-state index in [9.17, 15) is 0 Å². The van der Waals surface area contributed by atoms with E-state index < -0.39 is 7.28 Å². The second-order valence-corrected chi connectivity index (χ2v) is 14.5. The SMILES string of the molecule is CCn1c2ccccc2c2cc([P@](=Nc3ccc(C)cc3)(Oc3ccc(Br)cc3)C(C)(C)C)ccc21. The average Bonchev–Trinajstić information content (AvgIpc) is 3.18. The van der Waals surface area contributed by atoms with Crippen molar-refractivity contribution in [3.05, 3.63) is 101 Å². The molecule has 0 saturated heterocycles. The number of para-hydroxylation sites is 1. The van der Waals surface area contributed by atoms with E-state index >= 15 is 0 Å². The highest BCUT2D eigenvalue weighted by Crippen LogP contribution is 2.62. The molecule has 5 aromatic rings. The summed E-state index contributed by atoms with van der Waals surface area (Å²) in [6.07, 6.45) is 0. The predicted octanol–water partition coefficient (Wildman–Crippen LogP) is 9.84. The monoisotopic (exact) mass is 558 g/mol. The largest absolute Gasteiger partial charge is 0.455 e. The highest BCUT2D eigenvalue weighted by molar-refractivity contribution is 9.10. The Labute approximate surface area is 222 Å². The average molecular weight is 559 g/mol. The van der Waals surface area contributed by atoms with Gasteiger partial charge in [0.05, 0.1) is 5.69 Å². The van der Waals surface area contributed by atoms with Crippen molar-refractivity contribution in [3.63, 3.8) is 0 Å². The number of rotatable bonds is 5. The van der Waals surface area contributed by atoms with Crippen LogP contribution in [0.5, 0.6) is 5.75 Å². The van der Waals surface area contributed by atoms with E-state index in [4.69, 9.17) is 9.27 Å². The van der Waals surface area contributed by atoms with Gasteiger partial charge in [-0.15, -0.1) is 0 Å². The molecule has 0 amide bonds. The molecule has 1 aromatic heterocycles. The van der Waals surface area contributed by atoms with Gasteiger partial charge in [-0.25, -0.2) is 4.74 Å². The van der Waals surface area contributed by atoms with Gasteiger partial charge in [-0.1, -0.05) is 72.6 Å². The molecule has 0 aliphatic carbocycles. The molecule has 0 saturated carbocycles. The van der Waals surface area contributed by atoms with E-state index in [0.29, 0.717) is 0 Å². The van der Waals surface area contributed by atoms with Crippen molar-refractivity contribution in [3.8, 4) is 5.75 Å². The molecule has 1 heterocycles. The highest BCUT2D eigenvalue weighted by atomic mass is 79.9. The quantitative estimate of drug-likeness (QED) is 0.197. The van der Waals surface area contributed by atoms with Crippen LogP contribution < -0.4 is 9.83 Å². The normalized spacial score (nSPS) is 13.6. The molecule has 0 unspecified atom stereocenters. The lowest BCUT2D eigenvalue weighted by Crippen LogP contribution is -2.27. The summed E-state index contributed by atoms with van der Waals surface area (Å²) in [7, 11) is -2.59. The van der Waals surface area contributed by atoms with E-state index in [2.05, 4.69) is 122 Å². The first-order chi connectivity index (χ1) is 17.2. The maximum Gasteiger partial charge on any atom is 0.173 e. The van der Waals surface area contributed by atoms with Gasteiger partial charge in [0, 0.05) is 43.3 Å². The van der Waals surface area contributed by atoms with Gasteiger partial charge >= 0.3 is 0 Å². The number of aryl methyl sites for hydroxylation is 2. The Balaban J connectivity index is 1.83. The Morgan fingerprint density at radius 1 is 0.833 bits per heavy atom. The molecule has 0 bridgehead atoms. The second-order valence-electron chi connectivity index (χ2n) is 10.2. The van der Waals surface area contributed by atoms with Gasteiger partial charge in [0.25, 0.3) is 0 Å². The summed E-state index contributed by atoms with van der Waals surface area (Å²) in [5, 5.41) is 3.41. The number of hydrogen-bond donors (Lipinski definition) is 0. The van der Waals surface area contributed by atoms with Gasteiger partial charge < -0.3 is 9.09 Å². The van der Waals surface area contributed by atoms with E-state index in [1.807, 2.05) is 24.3 Å². The van der Waals surface area contributed by atoms with Crippen LogP contribution in [-0.4, -0.2) is 9.72 Å². The zero-order valence-electron chi connectivity index (χ0n) is 21.5. The summed E-state index contributed by atoms with van der Waals surface area (Å²) in [5.41, 5.74) is 4.66. The van der Waals surface area contributed by atoms with Gasteiger partial charge in [-0.05, 0) is 74.5 Å². The second kappa shape index (κ2) is 9.57. The summed E-state index contributed by atoms with van der Waals surface area (Å²) in [5.74, 6) is 0.827. The molecule has 0 fully saturated rings. The lowest BCUT2D eigenvalue weighted by atomic mass is 10.1. The predicted molar refractivity (Wildman–Crippen MR) is 159 cm³/mol. The highest BCUT2D eigenvalue weighted by Gasteiger charge is 2.39. The van der Waals surface area contributed by atoms with Gasteiger partial charge in [0.15, 0.2) is 7.28 Å². The summed E-state index contributed by atoms with van der Waals surface area (Å²) < 4.78 is 15.9. The fourth-order valence-corrected chi connectivity index (χ4v) is 8.14. The Hall–Kier alpha value is -2.81. The van der Waals surface area contributed by atoms with Crippen LogP contribution in [0.15, 0.2) is 100 Å². The molecule has 184 valence electrons. The summed E-state index contributed by atoms with van der Waals surface area (Å²) in [4.78, 5) is 0. The van der Waals surface area contributed by atoms with Crippen LogP contribution in [0.1, 0.15) is 33.3 Å².